The number of hydrogen-bond acceptors (Lipinski definition) is 1. The molecule has 1 saturated carbocycles. The normalized spacial score (nSPS) is 29.9. The molecule has 0 bridgehead atoms. The van der Waals surface area contributed by atoms with Crippen molar-refractivity contribution in [2.45, 2.75) is 52.4 Å². The van der Waals surface area contributed by atoms with Gasteiger partial charge in [0, 0.05) is 0 Å². The van der Waals surface area contributed by atoms with Crippen LogP contribution in [0.15, 0.2) is 23.8 Å². The summed E-state index contributed by atoms with van der Waals surface area (Å²) in [5.41, 5.74) is 2.82. The summed E-state index contributed by atoms with van der Waals surface area (Å²) in [5.74, 6) is 0.689. The van der Waals surface area contributed by atoms with Crippen LogP contribution >= 0.6 is 0 Å². The summed E-state index contributed by atoms with van der Waals surface area (Å²) in [6.45, 7) is 8.68. The number of carbonyl (C=O) groups excluding carboxylic acids is 1. The van der Waals surface area contributed by atoms with E-state index in [1.165, 1.54) is 37.7 Å². The molecule has 1 heteroatoms. The first-order valence-corrected chi connectivity index (χ1v) is 6.90. The molecule has 1 fully saturated rings. The number of rotatable bonds is 2. The molecule has 0 saturated heterocycles. The van der Waals surface area contributed by atoms with Crippen molar-refractivity contribution in [1.29, 1.82) is 0 Å². The maximum atomic E-state index is 11.1. The highest BCUT2D eigenvalue weighted by Gasteiger charge is 2.35. The van der Waals surface area contributed by atoms with Crippen LogP contribution in [0.1, 0.15) is 52.4 Å². The molecular weight excluding hydrogens is 208 g/mol. The van der Waals surface area contributed by atoms with Crippen molar-refractivity contribution in [1.82, 2.24) is 0 Å². The van der Waals surface area contributed by atoms with Gasteiger partial charge in [-0.3, -0.25) is 0 Å². The molecule has 0 spiro atoms. The Morgan fingerprint density at radius 2 is 1.94 bits per heavy atom. The quantitative estimate of drug-likeness (QED) is 0.512. The third-order valence-electron chi connectivity index (χ3n) is 4.47. The van der Waals surface area contributed by atoms with E-state index in [4.69, 9.17) is 0 Å². The lowest BCUT2D eigenvalue weighted by atomic mass is 9.64. The van der Waals surface area contributed by atoms with Crippen molar-refractivity contribution in [3.8, 4) is 0 Å². The van der Waals surface area contributed by atoms with E-state index in [9.17, 15) is 4.79 Å². The Bertz CT molecular complexity index is 343. The maximum absolute atomic E-state index is 11.1. The van der Waals surface area contributed by atoms with Gasteiger partial charge in [0.1, 0.15) is 6.29 Å². The van der Waals surface area contributed by atoms with Gasteiger partial charge in [-0.1, -0.05) is 56.9 Å². The van der Waals surface area contributed by atoms with Crippen molar-refractivity contribution < 1.29 is 4.79 Å². The predicted molar refractivity (Wildman–Crippen MR) is 71.8 cm³/mol. The lowest BCUT2D eigenvalue weighted by Crippen LogP contribution is -2.29. The Hall–Kier alpha value is -0.850. The van der Waals surface area contributed by atoms with E-state index in [0.717, 1.165) is 18.3 Å². The average Bonchev–Trinajstić information content (AvgIpc) is 2.29. The predicted octanol–water partition coefficient (Wildman–Crippen LogP) is 4.29. The molecule has 0 aromatic rings. The number of hydrogen-bond donors (Lipinski definition) is 0. The van der Waals surface area contributed by atoms with E-state index in [-0.39, 0.29) is 11.3 Å². The summed E-state index contributed by atoms with van der Waals surface area (Å²) in [7, 11) is 0. The molecule has 2 aliphatic carbocycles. The summed E-state index contributed by atoms with van der Waals surface area (Å²) in [4.78, 5) is 11.1. The molecular formula is C16H24O. The molecule has 1 unspecified atom stereocenters. The zero-order valence-corrected chi connectivity index (χ0v) is 11.2. The third-order valence-corrected chi connectivity index (χ3v) is 4.47. The monoisotopic (exact) mass is 232 g/mol. The van der Waals surface area contributed by atoms with Gasteiger partial charge in [-0.25, -0.2) is 0 Å². The van der Waals surface area contributed by atoms with Gasteiger partial charge in [0.25, 0.3) is 0 Å². The second-order valence-corrected chi connectivity index (χ2v) is 6.34. The van der Waals surface area contributed by atoms with Gasteiger partial charge in [-0.05, 0) is 30.6 Å². The summed E-state index contributed by atoms with van der Waals surface area (Å²) >= 11 is 0. The van der Waals surface area contributed by atoms with Gasteiger partial charge < -0.3 is 4.79 Å². The van der Waals surface area contributed by atoms with Crippen molar-refractivity contribution in [3.63, 3.8) is 0 Å². The van der Waals surface area contributed by atoms with Crippen LogP contribution in [0.4, 0.5) is 0 Å². The molecule has 1 nitrogen and oxygen atoms in total. The maximum Gasteiger partial charge on any atom is 0.130 e. The van der Waals surface area contributed by atoms with Gasteiger partial charge in [0.15, 0.2) is 0 Å². The summed E-state index contributed by atoms with van der Waals surface area (Å²) < 4.78 is 0. The second kappa shape index (κ2) is 4.80. The summed E-state index contributed by atoms with van der Waals surface area (Å²) in [6, 6.07) is 0. The highest BCUT2D eigenvalue weighted by atomic mass is 16.1. The zero-order chi connectivity index (χ0) is 12.5. The second-order valence-electron chi connectivity index (χ2n) is 6.34. The molecule has 17 heavy (non-hydrogen) atoms. The number of allylic oxidation sites excluding steroid dienone is 3. The van der Waals surface area contributed by atoms with Crippen molar-refractivity contribution in [3.05, 3.63) is 23.8 Å². The fraction of sp³-hybridized carbons (Fsp3) is 0.688. The first-order valence-electron chi connectivity index (χ1n) is 6.90. The highest BCUT2D eigenvalue weighted by Crippen LogP contribution is 2.47. The van der Waals surface area contributed by atoms with Crippen LogP contribution in [-0.4, -0.2) is 6.29 Å². The molecule has 0 amide bonds. The fourth-order valence-electron chi connectivity index (χ4n) is 3.56. The minimum Gasteiger partial charge on any atom is -0.302 e. The minimum absolute atomic E-state index is 0.0278. The molecule has 0 aromatic carbocycles. The van der Waals surface area contributed by atoms with Gasteiger partial charge in [-0.2, -0.15) is 0 Å². The largest absolute Gasteiger partial charge is 0.302 e. The van der Waals surface area contributed by atoms with Crippen molar-refractivity contribution in [2.75, 3.05) is 0 Å². The van der Waals surface area contributed by atoms with Crippen molar-refractivity contribution >= 4 is 6.29 Å². The Morgan fingerprint density at radius 3 is 2.53 bits per heavy atom. The number of aldehydes is 1. The van der Waals surface area contributed by atoms with E-state index < -0.39 is 0 Å². The minimum atomic E-state index is -0.0278. The van der Waals surface area contributed by atoms with E-state index in [0.29, 0.717) is 5.92 Å². The molecule has 0 aliphatic heterocycles. The zero-order valence-electron chi connectivity index (χ0n) is 11.2. The molecule has 0 radical (unpaired) electrons. The Balaban J connectivity index is 2.27. The number of carbonyl (C=O) groups is 1. The lowest BCUT2D eigenvalue weighted by molar-refractivity contribution is -0.109. The van der Waals surface area contributed by atoms with E-state index in [2.05, 4.69) is 26.5 Å². The Morgan fingerprint density at radius 1 is 1.29 bits per heavy atom. The molecule has 2 aliphatic rings. The summed E-state index contributed by atoms with van der Waals surface area (Å²) in [5, 5.41) is 0. The van der Waals surface area contributed by atoms with Crippen LogP contribution in [-0.2, 0) is 4.79 Å². The van der Waals surface area contributed by atoms with E-state index in [1.54, 1.807) is 0 Å². The van der Waals surface area contributed by atoms with E-state index in [1.807, 2.05) is 0 Å². The molecule has 0 N–H and O–H groups in total. The topological polar surface area (TPSA) is 17.1 Å². The lowest BCUT2D eigenvalue weighted by Gasteiger charge is -2.40. The molecule has 2 rings (SSSR count). The van der Waals surface area contributed by atoms with Crippen LogP contribution in [0.25, 0.3) is 0 Å². The van der Waals surface area contributed by atoms with Crippen LogP contribution in [0, 0.1) is 17.3 Å². The first-order chi connectivity index (χ1) is 8.04. The van der Waals surface area contributed by atoms with Gasteiger partial charge in [0.05, 0.1) is 5.92 Å². The average molecular weight is 232 g/mol. The Kier molecular flexibility index (Phi) is 3.56. The van der Waals surface area contributed by atoms with Crippen LogP contribution < -0.4 is 0 Å². The smallest absolute Gasteiger partial charge is 0.130 e. The molecule has 0 heterocycles. The first kappa shape index (κ1) is 12.6. The SMILES string of the molecule is C=C1CC(C)(C)C(C2CCCCC2)=CC1C=O. The van der Waals surface area contributed by atoms with Crippen molar-refractivity contribution in [2.24, 2.45) is 17.3 Å². The van der Waals surface area contributed by atoms with Gasteiger partial charge in [-0.15, -0.1) is 0 Å². The molecule has 1 atom stereocenters. The standard InChI is InChI=1S/C16H24O/c1-12-10-16(2,3)15(9-14(12)11-17)13-7-5-4-6-8-13/h9,11,13-14H,1,4-8,10H2,2-3H3. The summed E-state index contributed by atoms with van der Waals surface area (Å²) in [6.07, 6.45) is 11.0. The fourth-order valence-corrected chi connectivity index (χ4v) is 3.56. The van der Waals surface area contributed by atoms with Crippen LogP contribution in [0.5, 0.6) is 0 Å². The Labute approximate surface area is 105 Å². The highest BCUT2D eigenvalue weighted by molar-refractivity contribution is 5.63. The van der Waals surface area contributed by atoms with Gasteiger partial charge >= 0.3 is 0 Å². The van der Waals surface area contributed by atoms with Crippen LogP contribution in [0.2, 0.25) is 0 Å². The third kappa shape index (κ3) is 2.53. The van der Waals surface area contributed by atoms with E-state index >= 15 is 0 Å². The molecule has 94 valence electrons. The van der Waals surface area contributed by atoms with Crippen LogP contribution in [0.3, 0.4) is 0 Å². The molecule has 0 aromatic heterocycles. The van der Waals surface area contributed by atoms with Gasteiger partial charge in [0.2, 0.25) is 0 Å².